The number of piperidine rings is 1. The lowest BCUT2D eigenvalue weighted by Gasteiger charge is -2.46. The van der Waals surface area contributed by atoms with E-state index in [1.54, 1.807) is 37.3 Å². The smallest absolute Gasteiger partial charge is 0.289 e. The number of aromatic nitrogens is 1. The van der Waals surface area contributed by atoms with E-state index in [0.717, 1.165) is 6.20 Å². The van der Waals surface area contributed by atoms with Crippen LogP contribution in [-0.4, -0.2) is 46.0 Å². The predicted molar refractivity (Wildman–Crippen MR) is 110 cm³/mol. The number of hydrogen-bond donors (Lipinski definition) is 2. The number of carbonyl (C=O) groups is 2. The predicted octanol–water partition coefficient (Wildman–Crippen LogP) is 2.65. The number of nitrogens with zero attached hydrogens (tertiary/aromatic N) is 2. The Hall–Kier alpha value is -3.52. The fourth-order valence-corrected chi connectivity index (χ4v) is 3.97. The first-order chi connectivity index (χ1) is 14.9. The third-order valence-electron chi connectivity index (χ3n) is 5.72. The van der Waals surface area contributed by atoms with E-state index in [1.807, 2.05) is 6.07 Å². The lowest BCUT2D eigenvalue weighted by molar-refractivity contribution is -0.0117. The fourth-order valence-electron chi connectivity index (χ4n) is 3.97. The van der Waals surface area contributed by atoms with Gasteiger partial charge >= 0.3 is 0 Å². The Morgan fingerprint density at radius 2 is 2.03 bits per heavy atom. The van der Waals surface area contributed by atoms with Crippen LogP contribution >= 0.6 is 0 Å². The third kappa shape index (κ3) is 3.82. The molecule has 1 aliphatic rings. The number of aliphatic hydroxyl groups excluding tert-OH is 1. The molecular formula is C23H22FN3O4. The van der Waals surface area contributed by atoms with Gasteiger partial charge in [-0.1, -0.05) is 30.3 Å². The van der Waals surface area contributed by atoms with Crippen molar-refractivity contribution in [3.63, 3.8) is 0 Å². The van der Waals surface area contributed by atoms with Gasteiger partial charge in [0.25, 0.3) is 11.8 Å². The second-order valence-electron chi connectivity index (χ2n) is 7.60. The van der Waals surface area contributed by atoms with Crippen LogP contribution in [0, 0.1) is 12.7 Å². The molecule has 1 fully saturated rings. The van der Waals surface area contributed by atoms with Gasteiger partial charge in [-0.15, -0.1) is 0 Å². The van der Waals surface area contributed by atoms with Crippen LogP contribution in [0.15, 0.2) is 65.5 Å². The second-order valence-corrected chi connectivity index (χ2v) is 7.60. The van der Waals surface area contributed by atoms with Crippen LogP contribution in [-0.2, 0) is 5.54 Å². The van der Waals surface area contributed by atoms with Crippen LogP contribution in [0.2, 0.25) is 0 Å². The van der Waals surface area contributed by atoms with Crippen molar-refractivity contribution in [1.29, 1.82) is 0 Å². The van der Waals surface area contributed by atoms with Gasteiger partial charge in [0.15, 0.2) is 11.6 Å². The highest BCUT2D eigenvalue weighted by molar-refractivity contribution is 5.95. The van der Waals surface area contributed by atoms with Gasteiger partial charge in [0.2, 0.25) is 0 Å². The average Bonchev–Trinajstić information content (AvgIpc) is 3.21. The zero-order valence-corrected chi connectivity index (χ0v) is 16.9. The number of halogens is 1. The van der Waals surface area contributed by atoms with E-state index in [9.17, 15) is 19.1 Å². The molecule has 31 heavy (non-hydrogen) atoms. The van der Waals surface area contributed by atoms with Crippen LogP contribution < -0.4 is 5.32 Å². The van der Waals surface area contributed by atoms with Gasteiger partial charge in [0, 0.05) is 24.8 Å². The number of β-amino-alcohol motifs (C(OH)–C–C–N with tert-alkyl or cyclic N) is 1. The fraction of sp³-hybridized carbons (Fsp3) is 0.261. The van der Waals surface area contributed by atoms with Crippen molar-refractivity contribution < 1.29 is 23.5 Å². The maximum absolute atomic E-state index is 14.1. The lowest BCUT2D eigenvalue weighted by atomic mass is 9.78. The monoisotopic (exact) mass is 423 g/mol. The highest BCUT2D eigenvalue weighted by Crippen LogP contribution is 2.34. The summed E-state index contributed by atoms with van der Waals surface area (Å²) in [7, 11) is 0. The van der Waals surface area contributed by atoms with Crippen molar-refractivity contribution in [2.45, 2.75) is 25.0 Å². The molecule has 8 heteroatoms. The summed E-state index contributed by atoms with van der Waals surface area (Å²) in [4.78, 5) is 30.9. The minimum absolute atomic E-state index is 0.0209. The summed E-state index contributed by atoms with van der Waals surface area (Å²) in [6.07, 6.45) is 2.85. The van der Waals surface area contributed by atoms with Crippen molar-refractivity contribution in [1.82, 2.24) is 15.2 Å². The summed E-state index contributed by atoms with van der Waals surface area (Å²) in [5, 5.41) is 14.0. The number of hydrogen-bond acceptors (Lipinski definition) is 5. The molecule has 0 radical (unpaired) electrons. The van der Waals surface area contributed by atoms with E-state index in [2.05, 4.69) is 10.3 Å². The van der Waals surface area contributed by atoms with E-state index >= 15 is 0 Å². The topological polar surface area (TPSA) is 95.7 Å². The lowest BCUT2D eigenvalue weighted by Crippen LogP contribution is -2.62. The van der Waals surface area contributed by atoms with Crippen LogP contribution in [0.3, 0.4) is 0 Å². The molecule has 2 N–H and O–H groups in total. The van der Waals surface area contributed by atoms with Crippen molar-refractivity contribution in [2.75, 3.05) is 13.1 Å². The minimum Gasteiger partial charge on any atom is -0.459 e. The first-order valence-corrected chi connectivity index (χ1v) is 9.91. The largest absolute Gasteiger partial charge is 0.459 e. The highest BCUT2D eigenvalue weighted by atomic mass is 19.1. The van der Waals surface area contributed by atoms with Crippen molar-refractivity contribution in [2.24, 2.45) is 0 Å². The summed E-state index contributed by atoms with van der Waals surface area (Å²) in [5.74, 6) is -1.51. The molecule has 3 heterocycles. The number of furan rings is 1. The van der Waals surface area contributed by atoms with Gasteiger partial charge in [0.05, 0.1) is 29.7 Å². The molecule has 2 atom stereocenters. The molecule has 1 saturated heterocycles. The second kappa shape index (κ2) is 8.31. The number of likely N-dealkylation sites (tertiary alicyclic amines) is 1. The quantitative estimate of drug-likeness (QED) is 0.673. The third-order valence-corrected chi connectivity index (χ3v) is 5.72. The molecule has 1 aliphatic heterocycles. The van der Waals surface area contributed by atoms with Gasteiger partial charge in [-0.05, 0) is 31.0 Å². The normalized spacial score (nSPS) is 21.0. The molecule has 0 saturated carbocycles. The standard InChI is InChI=1S/C23H22FN3O4/c1-15-8-12-31-20(15)22(30)27-11-9-23(19(28)14-27,16-5-3-2-4-6-16)26-21(29)17-7-10-25-13-18(17)24/h2-8,10,12-13,19,28H,9,11,14H2,1H3,(H,26,29)/t19-,23+/m1/s1. The summed E-state index contributed by atoms with van der Waals surface area (Å²) < 4.78 is 19.4. The number of nitrogens with one attached hydrogen (secondary N) is 1. The van der Waals surface area contributed by atoms with E-state index in [0.29, 0.717) is 11.1 Å². The highest BCUT2D eigenvalue weighted by Gasteiger charge is 2.46. The number of aryl methyl sites for hydroxylation is 1. The summed E-state index contributed by atoms with van der Waals surface area (Å²) in [6, 6.07) is 12.0. The zero-order valence-electron chi connectivity index (χ0n) is 16.9. The van der Waals surface area contributed by atoms with Crippen molar-refractivity contribution in [3.8, 4) is 0 Å². The Bertz CT molecular complexity index is 1100. The Morgan fingerprint density at radius 3 is 2.68 bits per heavy atom. The molecule has 3 aromatic rings. The molecular weight excluding hydrogens is 401 g/mol. The van der Waals surface area contributed by atoms with E-state index in [4.69, 9.17) is 4.42 Å². The average molecular weight is 423 g/mol. The maximum Gasteiger partial charge on any atom is 0.289 e. The number of benzene rings is 1. The molecule has 2 amide bonds. The van der Waals surface area contributed by atoms with E-state index < -0.39 is 23.4 Å². The van der Waals surface area contributed by atoms with Crippen molar-refractivity contribution >= 4 is 11.8 Å². The SMILES string of the molecule is Cc1ccoc1C(=O)N1CC[C@](NC(=O)c2ccncc2F)(c2ccccc2)[C@H](O)C1. The number of carbonyl (C=O) groups excluding carboxylic acids is 2. The van der Waals surface area contributed by atoms with Crippen LogP contribution in [0.4, 0.5) is 4.39 Å². The molecule has 0 spiro atoms. The maximum atomic E-state index is 14.1. The molecule has 0 bridgehead atoms. The van der Waals surface area contributed by atoms with E-state index in [1.165, 1.54) is 23.4 Å². The zero-order chi connectivity index (χ0) is 22.0. The summed E-state index contributed by atoms with van der Waals surface area (Å²) >= 11 is 0. The minimum atomic E-state index is -1.19. The number of rotatable bonds is 4. The number of aliphatic hydroxyl groups is 1. The van der Waals surface area contributed by atoms with Crippen LogP contribution in [0.5, 0.6) is 0 Å². The molecule has 2 aromatic heterocycles. The number of pyridine rings is 1. The van der Waals surface area contributed by atoms with Crippen LogP contribution in [0.25, 0.3) is 0 Å². The van der Waals surface area contributed by atoms with Crippen LogP contribution in [0.1, 0.15) is 38.5 Å². The molecule has 0 unspecified atom stereocenters. The Labute approximate surface area is 178 Å². The van der Waals surface area contributed by atoms with Gasteiger partial charge < -0.3 is 19.7 Å². The van der Waals surface area contributed by atoms with Crippen molar-refractivity contribution in [3.05, 3.63) is 89.4 Å². The van der Waals surface area contributed by atoms with E-state index in [-0.39, 0.29) is 36.7 Å². The molecule has 0 aliphatic carbocycles. The molecule has 4 rings (SSSR count). The molecule has 7 nitrogen and oxygen atoms in total. The van der Waals surface area contributed by atoms with Gasteiger partial charge in [-0.2, -0.15) is 0 Å². The summed E-state index contributed by atoms with van der Waals surface area (Å²) in [5.41, 5.74) is 0.0259. The molecule has 1 aromatic carbocycles. The first-order valence-electron chi connectivity index (χ1n) is 9.91. The Balaban J connectivity index is 1.64. The van der Waals surface area contributed by atoms with Gasteiger partial charge in [0.1, 0.15) is 0 Å². The summed E-state index contributed by atoms with van der Waals surface area (Å²) in [6.45, 7) is 2.02. The Morgan fingerprint density at radius 1 is 1.26 bits per heavy atom. The first kappa shape index (κ1) is 20.7. The number of amides is 2. The molecule has 160 valence electrons. The Kier molecular flexibility index (Phi) is 5.56. The van der Waals surface area contributed by atoms with Gasteiger partial charge in [-0.25, -0.2) is 4.39 Å². The van der Waals surface area contributed by atoms with Gasteiger partial charge in [-0.3, -0.25) is 14.6 Å².